The molecule has 0 saturated carbocycles. The van der Waals surface area contributed by atoms with Crippen molar-refractivity contribution in [2.75, 3.05) is 5.32 Å². The Morgan fingerprint density at radius 3 is 2.67 bits per heavy atom. The zero-order valence-corrected chi connectivity index (χ0v) is 14.6. The molecule has 5 nitrogen and oxygen atoms in total. The SMILES string of the molecule is O=C(Nc1ccc(-c2cn3ccsc3n2)cc1)c1ccccc1OC(F)F. The monoisotopic (exact) mass is 385 g/mol. The summed E-state index contributed by atoms with van der Waals surface area (Å²) in [7, 11) is 0. The lowest BCUT2D eigenvalue weighted by Gasteiger charge is -2.11. The molecule has 4 rings (SSSR count). The molecular formula is C19H13F2N3O2S. The number of amides is 1. The Morgan fingerprint density at radius 1 is 1.15 bits per heavy atom. The number of ether oxygens (including phenoxy) is 1. The Morgan fingerprint density at radius 2 is 1.93 bits per heavy atom. The fraction of sp³-hybridized carbons (Fsp3) is 0.0526. The minimum absolute atomic E-state index is 0.0382. The number of rotatable bonds is 5. The van der Waals surface area contributed by atoms with Crippen LogP contribution in [0.4, 0.5) is 14.5 Å². The van der Waals surface area contributed by atoms with Crippen molar-refractivity contribution in [3.05, 3.63) is 71.9 Å². The smallest absolute Gasteiger partial charge is 0.387 e. The molecule has 0 spiro atoms. The van der Waals surface area contributed by atoms with E-state index in [4.69, 9.17) is 0 Å². The highest BCUT2D eigenvalue weighted by atomic mass is 32.1. The molecule has 0 fully saturated rings. The summed E-state index contributed by atoms with van der Waals surface area (Å²) in [6, 6.07) is 13.0. The first-order valence-corrected chi connectivity index (χ1v) is 8.86. The second kappa shape index (κ2) is 7.16. The molecule has 0 aliphatic heterocycles. The number of thiazole rings is 1. The van der Waals surface area contributed by atoms with E-state index >= 15 is 0 Å². The number of alkyl halides is 2. The summed E-state index contributed by atoms with van der Waals surface area (Å²) in [6.45, 7) is -3.00. The molecule has 2 heterocycles. The van der Waals surface area contributed by atoms with E-state index in [1.165, 1.54) is 18.2 Å². The molecule has 2 aromatic heterocycles. The number of hydrogen-bond donors (Lipinski definition) is 1. The van der Waals surface area contributed by atoms with Gasteiger partial charge in [-0.3, -0.25) is 9.20 Å². The second-order valence-electron chi connectivity index (χ2n) is 5.63. The van der Waals surface area contributed by atoms with Gasteiger partial charge in [-0.2, -0.15) is 8.78 Å². The molecule has 0 radical (unpaired) electrons. The van der Waals surface area contributed by atoms with Crippen molar-refractivity contribution in [2.45, 2.75) is 6.61 Å². The predicted octanol–water partition coefficient (Wildman–Crippen LogP) is 4.92. The van der Waals surface area contributed by atoms with Gasteiger partial charge in [-0.1, -0.05) is 24.3 Å². The number of aromatic nitrogens is 2. The van der Waals surface area contributed by atoms with Gasteiger partial charge in [-0.05, 0) is 24.3 Å². The molecular weight excluding hydrogens is 372 g/mol. The fourth-order valence-corrected chi connectivity index (χ4v) is 3.34. The third-order valence-corrected chi connectivity index (χ3v) is 4.65. The molecule has 0 atom stereocenters. The van der Waals surface area contributed by atoms with Gasteiger partial charge in [0, 0.05) is 29.0 Å². The first kappa shape index (κ1) is 17.2. The van der Waals surface area contributed by atoms with E-state index in [-0.39, 0.29) is 11.3 Å². The number of anilines is 1. The average molecular weight is 385 g/mol. The minimum atomic E-state index is -3.00. The van der Waals surface area contributed by atoms with Gasteiger partial charge in [0.05, 0.1) is 11.3 Å². The van der Waals surface area contributed by atoms with E-state index in [9.17, 15) is 13.6 Å². The maximum atomic E-state index is 12.5. The van der Waals surface area contributed by atoms with Gasteiger partial charge < -0.3 is 10.1 Å². The molecule has 0 unspecified atom stereocenters. The quantitative estimate of drug-likeness (QED) is 0.531. The van der Waals surface area contributed by atoms with E-state index in [1.54, 1.807) is 29.5 Å². The highest BCUT2D eigenvalue weighted by Crippen LogP contribution is 2.25. The molecule has 1 amide bonds. The molecule has 2 aromatic carbocycles. The topological polar surface area (TPSA) is 55.6 Å². The van der Waals surface area contributed by atoms with Gasteiger partial charge in [0.1, 0.15) is 5.75 Å². The Balaban J connectivity index is 1.51. The van der Waals surface area contributed by atoms with Crippen molar-refractivity contribution in [1.29, 1.82) is 0 Å². The zero-order valence-electron chi connectivity index (χ0n) is 13.8. The molecule has 4 aromatic rings. The summed E-state index contributed by atoms with van der Waals surface area (Å²) in [5, 5.41) is 4.64. The van der Waals surface area contributed by atoms with Crippen LogP contribution in [-0.2, 0) is 0 Å². The number of imidazole rings is 1. The molecule has 0 saturated heterocycles. The number of nitrogens with one attached hydrogen (secondary N) is 1. The van der Waals surface area contributed by atoms with Crippen molar-refractivity contribution in [1.82, 2.24) is 9.38 Å². The predicted molar refractivity (Wildman–Crippen MR) is 99.5 cm³/mol. The first-order valence-electron chi connectivity index (χ1n) is 7.98. The molecule has 0 bridgehead atoms. The number of para-hydroxylation sites is 1. The van der Waals surface area contributed by atoms with Crippen LogP contribution in [0.5, 0.6) is 5.75 Å². The largest absolute Gasteiger partial charge is 0.434 e. The van der Waals surface area contributed by atoms with E-state index in [1.807, 2.05) is 34.3 Å². The van der Waals surface area contributed by atoms with Gasteiger partial charge in [-0.25, -0.2) is 4.98 Å². The van der Waals surface area contributed by atoms with Crippen molar-refractivity contribution < 1.29 is 18.3 Å². The van der Waals surface area contributed by atoms with Crippen LogP contribution in [0, 0.1) is 0 Å². The maximum Gasteiger partial charge on any atom is 0.387 e. The minimum Gasteiger partial charge on any atom is -0.434 e. The average Bonchev–Trinajstić information content (AvgIpc) is 3.24. The van der Waals surface area contributed by atoms with Crippen LogP contribution in [-0.4, -0.2) is 21.9 Å². The zero-order chi connectivity index (χ0) is 18.8. The van der Waals surface area contributed by atoms with Crippen LogP contribution in [0.1, 0.15) is 10.4 Å². The summed E-state index contributed by atoms with van der Waals surface area (Å²) in [5.41, 5.74) is 2.31. The number of benzene rings is 2. The van der Waals surface area contributed by atoms with Gasteiger partial charge in [0.15, 0.2) is 4.96 Å². The molecule has 27 heavy (non-hydrogen) atoms. The number of nitrogens with zero attached hydrogens (tertiary/aromatic N) is 2. The van der Waals surface area contributed by atoms with Crippen LogP contribution in [0.15, 0.2) is 66.3 Å². The summed E-state index contributed by atoms with van der Waals surface area (Å²) >= 11 is 1.55. The number of hydrogen-bond acceptors (Lipinski definition) is 4. The highest BCUT2D eigenvalue weighted by Gasteiger charge is 2.15. The fourth-order valence-electron chi connectivity index (χ4n) is 2.64. The Bertz CT molecular complexity index is 1060. The Kier molecular flexibility index (Phi) is 4.55. The van der Waals surface area contributed by atoms with Crippen molar-refractivity contribution in [3.63, 3.8) is 0 Å². The summed E-state index contributed by atoms with van der Waals surface area (Å²) < 4.78 is 31.3. The lowest BCUT2D eigenvalue weighted by atomic mass is 10.1. The highest BCUT2D eigenvalue weighted by molar-refractivity contribution is 7.15. The summed E-state index contributed by atoms with van der Waals surface area (Å²) in [5.74, 6) is -0.693. The first-order chi connectivity index (χ1) is 13.1. The van der Waals surface area contributed by atoms with E-state index in [0.29, 0.717) is 5.69 Å². The van der Waals surface area contributed by atoms with Crippen LogP contribution >= 0.6 is 11.3 Å². The van der Waals surface area contributed by atoms with Crippen LogP contribution in [0.3, 0.4) is 0 Å². The Labute approximate surface area is 156 Å². The lowest BCUT2D eigenvalue weighted by molar-refractivity contribution is -0.0501. The lowest BCUT2D eigenvalue weighted by Crippen LogP contribution is -2.14. The summed E-state index contributed by atoms with van der Waals surface area (Å²) in [6.07, 6.45) is 3.86. The maximum absolute atomic E-state index is 12.5. The number of carbonyl (C=O) groups excluding carboxylic acids is 1. The van der Waals surface area contributed by atoms with E-state index < -0.39 is 12.5 Å². The third kappa shape index (κ3) is 3.65. The third-order valence-electron chi connectivity index (χ3n) is 3.88. The molecule has 0 aliphatic carbocycles. The number of carbonyl (C=O) groups is 1. The molecule has 8 heteroatoms. The molecule has 0 aliphatic rings. The van der Waals surface area contributed by atoms with Gasteiger partial charge in [0.2, 0.25) is 0 Å². The Hall–Kier alpha value is -3.26. The van der Waals surface area contributed by atoms with Crippen molar-refractivity contribution >= 4 is 27.9 Å². The molecule has 136 valence electrons. The van der Waals surface area contributed by atoms with Gasteiger partial charge in [0.25, 0.3) is 5.91 Å². The van der Waals surface area contributed by atoms with Crippen LogP contribution in [0.25, 0.3) is 16.2 Å². The van der Waals surface area contributed by atoms with Gasteiger partial charge in [-0.15, -0.1) is 11.3 Å². The standard InChI is InChI=1S/C19H13F2N3O2S/c20-18(21)26-16-4-2-1-3-14(16)17(25)22-13-7-5-12(6-8-13)15-11-24-9-10-27-19(24)23-15/h1-11,18H,(H,22,25). The van der Waals surface area contributed by atoms with Crippen LogP contribution < -0.4 is 10.1 Å². The van der Waals surface area contributed by atoms with Gasteiger partial charge >= 0.3 is 6.61 Å². The van der Waals surface area contributed by atoms with Crippen molar-refractivity contribution in [3.8, 4) is 17.0 Å². The van der Waals surface area contributed by atoms with Crippen molar-refractivity contribution in [2.24, 2.45) is 0 Å². The second-order valence-corrected chi connectivity index (χ2v) is 6.50. The number of halogens is 2. The van der Waals surface area contributed by atoms with Crippen LogP contribution in [0.2, 0.25) is 0 Å². The number of fused-ring (bicyclic) bond motifs is 1. The summed E-state index contributed by atoms with van der Waals surface area (Å²) in [4.78, 5) is 17.8. The van der Waals surface area contributed by atoms with E-state index in [0.717, 1.165) is 16.2 Å². The van der Waals surface area contributed by atoms with E-state index in [2.05, 4.69) is 15.0 Å². The molecule has 1 N–H and O–H groups in total. The normalized spacial score (nSPS) is 11.1.